The van der Waals surface area contributed by atoms with E-state index in [-0.39, 0.29) is 6.29 Å². The summed E-state index contributed by atoms with van der Waals surface area (Å²) in [6.45, 7) is 3.18. The number of fused-ring (bicyclic) bond motifs is 2. The summed E-state index contributed by atoms with van der Waals surface area (Å²) in [4.78, 5) is 6.47. The van der Waals surface area contributed by atoms with E-state index in [1.807, 2.05) is 11.9 Å². The van der Waals surface area contributed by atoms with Gasteiger partial charge in [0.2, 0.25) is 0 Å². The number of nitrogens with zero attached hydrogens (tertiary/aromatic N) is 1. The van der Waals surface area contributed by atoms with Crippen molar-refractivity contribution in [3.8, 4) is 0 Å². The normalized spacial score (nSPS) is 42.0. The first kappa shape index (κ1) is 18.5. The molecule has 4 rings (SSSR count). The van der Waals surface area contributed by atoms with E-state index in [0.29, 0.717) is 12.0 Å². The number of hydrogen-bond donors (Lipinski definition) is 1. The molecule has 4 fully saturated rings. The van der Waals surface area contributed by atoms with Crippen molar-refractivity contribution in [3.05, 3.63) is 0 Å². The Morgan fingerprint density at radius 3 is 2.60 bits per heavy atom. The molecule has 0 aromatic carbocycles. The third-order valence-corrected chi connectivity index (χ3v) is 7.82. The first-order valence-electron chi connectivity index (χ1n) is 10.8. The van der Waals surface area contributed by atoms with Gasteiger partial charge in [0.15, 0.2) is 6.29 Å². The van der Waals surface area contributed by atoms with Crippen molar-refractivity contribution in [1.29, 1.82) is 0 Å². The first-order chi connectivity index (χ1) is 12.4. The maximum absolute atomic E-state index is 6.47. The maximum Gasteiger partial charge on any atom is 0.182 e. The Morgan fingerprint density at radius 1 is 0.840 bits per heavy atom. The molecule has 4 aliphatic rings. The van der Waals surface area contributed by atoms with Crippen molar-refractivity contribution < 1.29 is 9.57 Å². The van der Waals surface area contributed by atoms with Crippen molar-refractivity contribution >= 4 is 11.9 Å². The van der Waals surface area contributed by atoms with Crippen molar-refractivity contribution in [2.45, 2.75) is 94.6 Å². The molecular weight excluding hydrogens is 332 g/mol. The van der Waals surface area contributed by atoms with Crippen LogP contribution >= 0.6 is 11.9 Å². The minimum atomic E-state index is 0.0396. The largest absolute Gasteiger partial charge is 0.350 e. The number of hydroxylamine groups is 2. The van der Waals surface area contributed by atoms with Crippen LogP contribution in [0.1, 0.15) is 77.0 Å². The van der Waals surface area contributed by atoms with Gasteiger partial charge in [0.05, 0.1) is 6.61 Å². The van der Waals surface area contributed by atoms with Gasteiger partial charge < -0.3 is 4.74 Å². The molecule has 0 radical (unpaired) electrons. The van der Waals surface area contributed by atoms with E-state index in [9.17, 15) is 0 Å². The number of hydrogen-bond acceptors (Lipinski definition) is 5. The second-order valence-electron chi connectivity index (χ2n) is 8.53. The summed E-state index contributed by atoms with van der Waals surface area (Å²) in [5.41, 5.74) is 0. The Bertz CT molecular complexity index is 411. The molecule has 0 spiro atoms. The van der Waals surface area contributed by atoms with Crippen LogP contribution in [-0.4, -0.2) is 42.3 Å². The number of ether oxygens (including phenoxy) is 1. The highest BCUT2D eigenvalue weighted by molar-refractivity contribution is 7.98. The lowest BCUT2D eigenvalue weighted by Gasteiger charge is -2.45. The Morgan fingerprint density at radius 2 is 1.68 bits per heavy atom. The van der Waals surface area contributed by atoms with E-state index in [4.69, 9.17) is 9.57 Å². The van der Waals surface area contributed by atoms with Crippen LogP contribution in [-0.2, 0) is 9.57 Å². The molecule has 1 saturated carbocycles. The molecule has 5 atom stereocenters. The fourth-order valence-electron chi connectivity index (χ4n) is 5.03. The molecule has 144 valence electrons. The lowest BCUT2D eigenvalue weighted by Crippen LogP contribution is -2.51. The second-order valence-corrected chi connectivity index (χ2v) is 9.73. The molecule has 5 unspecified atom stereocenters. The monoisotopic (exact) mass is 368 g/mol. The minimum absolute atomic E-state index is 0.0396. The van der Waals surface area contributed by atoms with E-state index in [0.717, 1.165) is 24.3 Å². The maximum atomic E-state index is 6.47. The van der Waals surface area contributed by atoms with Crippen LogP contribution in [0.3, 0.4) is 0 Å². The second kappa shape index (κ2) is 9.41. The average molecular weight is 369 g/mol. The predicted molar refractivity (Wildman–Crippen MR) is 103 cm³/mol. The summed E-state index contributed by atoms with van der Waals surface area (Å²) in [5, 5.41) is 3.11. The van der Waals surface area contributed by atoms with Crippen molar-refractivity contribution in [2.75, 3.05) is 19.7 Å². The lowest BCUT2D eigenvalue weighted by molar-refractivity contribution is -0.363. The van der Waals surface area contributed by atoms with Gasteiger partial charge in [0, 0.05) is 30.3 Å². The van der Waals surface area contributed by atoms with Crippen molar-refractivity contribution in [3.63, 3.8) is 0 Å². The highest BCUT2D eigenvalue weighted by atomic mass is 32.2. The smallest absolute Gasteiger partial charge is 0.182 e. The first-order valence-corrected chi connectivity index (χ1v) is 11.7. The van der Waals surface area contributed by atoms with E-state index < -0.39 is 0 Å². The fourth-order valence-corrected chi connectivity index (χ4v) is 6.08. The summed E-state index contributed by atoms with van der Waals surface area (Å²) in [7, 11) is 0. The molecule has 25 heavy (non-hydrogen) atoms. The molecule has 4 nitrogen and oxygen atoms in total. The lowest BCUT2D eigenvalue weighted by atomic mass is 9.82. The SMILES string of the molecule is C1CCCNSC2CCC3CCCCN(OC4OCC4CCC1)C3C2. The molecule has 0 amide bonds. The van der Waals surface area contributed by atoms with E-state index in [1.54, 1.807) is 0 Å². The quantitative estimate of drug-likeness (QED) is 0.637. The number of nitrogens with one attached hydrogen (secondary N) is 1. The summed E-state index contributed by atoms with van der Waals surface area (Å²) < 4.78 is 9.49. The standard InChI is InChI=1S/C20H36N2O2S/c1-2-4-9-17-15-23-20(17)24-22-13-7-5-8-16-10-11-18(14-19(16)22)25-21-12-6-3-1/h16-21H,1-15H2. The summed E-state index contributed by atoms with van der Waals surface area (Å²) in [6.07, 6.45) is 16.2. The molecule has 2 bridgehead atoms. The summed E-state index contributed by atoms with van der Waals surface area (Å²) >= 11 is 2.01. The molecule has 0 aromatic heterocycles. The van der Waals surface area contributed by atoms with Crippen molar-refractivity contribution in [1.82, 2.24) is 9.79 Å². The highest BCUT2D eigenvalue weighted by Gasteiger charge is 2.41. The molecule has 3 aliphatic heterocycles. The Labute approximate surface area is 157 Å². The zero-order chi connectivity index (χ0) is 16.9. The summed E-state index contributed by atoms with van der Waals surface area (Å²) in [5.74, 6) is 1.46. The van der Waals surface area contributed by atoms with Gasteiger partial charge in [-0.05, 0) is 50.9 Å². The van der Waals surface area contributed by atoms with Gasteiger partial charge in [-0.3, -0.25) is 9.56 Å². The van der Waals surface area contributed by atoms with Gasteiger partial charge in [-0.15, -0.1) is 0 Å². The van der Waals surface area contributed by atoms with E-state index in [2.05, 4.69) is 9.79 Å². The average Bonchev–Trinajstić information content (AvgIpc) is 2.81. The van der Waals surface area contributed by atoms with Crippen LogP contribution in [0.15, 0.2) is 0 Å². The van der Waals surface area contributed by atoms with Gasteiger partial charge in [-0.25, -0.2) is 0 Å². The zero-order valence-electron chi connectivity index (χ0n) is 15.7. The van der Waals surface area contributed by atoms with Crippen LogP contribution < -0.4 is 4.72 Å². The van der Waals surface area contributed by atoms with Gasteiger partial charge in [0.1, 0.15) is 0 Å². The Balaban J connectivity index is 1.42. The zero-order valence-corrected chi connectivity index (χ0v) is 16.5. The molecule has 3 heterocycles. The van der Waals surface area contributed by atoms with Crippen molar-refractivity contribution in [2.24, 2.45) is 11.8 Å². The molecule has 5 heteroatoms. The fraction of sp³-hybridized carbons (Fsp3) is 1.00. The van der Waals surface area contributed by atoms with Gasteiger partial charge >= 0.3 is 0 Å². The molecule has 0 aromatic rings. The van der Waals surface area contributed by atoms with Gasteiger partial charge in [0.25, 0.3) is 0 Å². The van der Waals surface area contributed by atoms with E-state index in [1.165, 1.54) is 83.6 Å². The highest BCUT2D eigenvalue weighted by Crippen LogP contribution is 2.40. The Kier molecular flexibility index (Phi) is 6.98. The summed E-state index contributed by atoms with van der Waals surface area (Å²) in [6, 6.07) is 0.605. The van der Waals surface area contributed by atoms with E-state index >= 15 is 0 Å². The molecular formula is C20H36N2O2S. The number of rotatable bonds is 0. The third kappa shape index (κ3) is 4.92. The molecule has 3 saturated heterocycles. The molecule has 1 N–H and O–H groups in total. The Hall–Kier alpha value is 0.190. The van der Waals surface area contributed by atoms with Gasteiger partial charge in [-0.1, -0.05) is 44.1 Å². The minimum Gasteiger partial charge on any atom is -0.350 e. The van der Waals surface area contributed by atoms with Crippen LogP contribution in [0.25, 0.3) is 0 Å². The van der Waals surface area contributed by atoms with Gasteiger partial charge in [-0.2, -0.15) is 5.06 Å². The van der Waals surface area contributed by atoms with Crippen LogP contribution in [0, 0.1) is 11.8 Å². The van der Waals surface area contributed by atoms with Crippen LogP contribution in [0.5, 0.6) is 0 Å². The third-order valence-electron chi connectivity index (χ3n) is 6.68. The predicted octanol–water partition coefficient (Wildman–Crippen LogP) is 4.51. The van der Waals surface area contributed by atoms with Crippen LogP contribution in [0.2, 0.25) is 0 Å². The van der Waals surface area contributed by atoms with Crippen LogP contribution in [0.4, 0.5) is 0 Å². The molecule has 1 aliphatic carbocycles. The topological polar surface area (TPSA) is 33.7 Å².